The zero-order valence-corrected chi connectivity index (χ0v) is 12.3. The number of ether oxygens (including phenoxy) is 1. The highest BCUT2D eigenvalue weighted by Crippen LogP contribution is 2.23. The van der Waals surface area contributed by atoms with Gasteiger partial charge in [-0.25, -0.2) is 4.79 Å². The minimum Gasteiger partial charge on any atom is -0.444 e. The van der Waals surface area contributed by atoms with Crippen molar-refractivity contribution >= 4 is 33.4 Å². The lowest BCUT2D eigenvalue weighted by atomic mass is 10.2. The zero-order valence-electron chi connectivity index (χ0n) is 9.91. The van der Waals surface area contributed by atoms with Gasteiger partial charge in [0.1, 0.15) is 5.60 Å². The van der Waals surface area contributed by atoms with Crippen molar-refractivity contribution in [2.24, 2.45) is 0 Å². The summed E-state index contributed by atoms with van der Waals surface area (Å²) in [6, 6.07) is 3.97. The molecule has 0 N–H and O–H groups in total. The molecule has 0 aliphatic rings. The van der Waals surface area contributed by atoms with Crippen LogP contribution in [0.25, 0.3) is 0 Å². The van der Waals surface area contributed by atoms with Crippen LogP contribution in [-0.4, -0.2) is 23.6 Å². The Labute approximate surface area is 109 Å². The minimum atomic E-state index is -0.443. The molecule has 0 radical (unpaired) electrons. The summed E-state index contributed by atoms with van der Waals surface area (Å²) in [5.41, 5.74) is -0.443. The van der Waals surface area contributed by atoms with Gasteiger partial charge in [0.25, 0.3) is 0 Å². The monoisotopic (exact) mass is 305 g/mol. The Kier molecular flexibility index (Phi) is 4.38. The van der Waals surface area contributed by atoms with E-state index < -0.39 is 5.60 Å². The number of nitrogens with zero attached hydrogens (tertiary/aromatic N) is 1. The summed E-state index contributed by atoms with van der Waals surface area (Å²) in [5, 5.41) is 0. The van der Waals surface area contributed by atoms with E-state index in [1.165, 1.54) is 0 Å². The molecule has 1 amide bonds. The van der Waals surface area contributed by atoms with Crippen LogP contribution in [0.5, 0.6) is 0 Å². The predicted octanol–water partition coefficient (Wildman–Crippen LogP) is 3.88. The minimum absolute atomic E-state index is 0.294. The first-order valence-electron chi connectivity index (χ1n) is 4.96. The fourth-order valence-corrected chi connectivity index (χ4v) is 2.61. The standard InChI is InChI=1S/C11H16BrNO2S/c1-11(2,3)15-10(14)13(4)7-8-5-6-9(12)16-8/h5-6H,7H2,1-4H3. The van der Waals surface area contributed by atoms with Gasteiger partial charge in [0.2, 0.25) is 0 Å². The normalized spacial score (nSPS) is 11.3. The average Bonchev–Trinajstić information content (AvgIpc) is 2.48. The Hall–Kier alpha value is -0.550. The molecule has 0 spiro atoms. The topological polar surface area (TPSA) is 29.5 Å². The van der Waals surface area contributed by atoms with E-state index in [0.717, 1.165) is 8.66 Å². The fraction of sp³-hybridized carbons (Fsp3) is 0.545. The van der Waals surface area contributed by atoms with Gasteiger partial charge < -0.3 is 9.64 Å². The highest BCUT2D eigenvalue weighted by Gasteiger charge is 2.19. The van der Waals surface area contributed by atoms with Crippen molar-refractivity contribution < 1.29 is 9.53 Å². The van der Waals surface area contributed by atoms with E-state index in [0.29, 0.717) is 6.54 Å². The Morgan fingerprint density at radius 1 is 1.50 bits per heavy atom. The van der Waals surface area contributed by atoms with Crippen LogP contribution in [0, 0.1) is 0 Å². The molecule has 0 aliphatic heterocycles. The van der Waals surface area contributed by atoms with E-state index in [1.54, 1.807) is 23.3 Å². The maximum Gasteiger partial charge on any atom is 0.410 e. The molecule has 0 saturated carbocycles. The van der Waals surface area contributed by atoms with Crippen LogP contribution < -0.4 is 0 Å². The molecular weight excluding hydrogens is 290 g/mol. The maximum atomic E-state index is 11.7. The van der Waals surface area contributed by atoms with Gasteiger partial charge in [0.05, 0.1) is 10.3 Å². The molecule has 0 saturated heterocycles. The third-order valence-corrected chi connectivity index (χ3v) is 3.34. The lowest BCUT2D eigenvalue weighted by Gasteiger charge is -2.24. The molecule has 0 fully saturated rings. The Morgan fingerprint density at radius 2 is 2.12 bits per heavy atom. The fourth-order valence-electron chi connectivity index (χ4n) is 1.07. The highest BCUT2D eigenvalue weighted by atomic mass is 79.9. The number of thiophene rings is 1. The van der Waals surface area contributed by atoms with Gasteiger partial charge in [-0.2, -0.15) is 0 Å². The van der Waals surface area contributed by atoms with Gasteiger partial charge in [0, 0.05) is 11.9 Å². The van der Waals surface area contributed by atoms with Gasteiger partial charge in [-0.15, -0.1) is 11.3 Å². The van der Waals surface area contributed by atoms with Gasteiger partial charge >= 0.3 is 6.09 Å². The molecule has 16 heavy (non-hydrogen) atoms. The van der Waals surface area contributed by atoms with Crippen molar-refractivity contribution in [3.63, 3.8) is 0 Å². The van der Waals surface area contributed by atoms with Crippen LogP contribution in [0.2, 0.25) is 0 Å². The lowest BCUT2D eigenvalue weighted by molar-refractivity contribution is 0.0287. The molecule has 0 bridgehead atoms. The van der Waals surface area contributed by atoms with E-state index in [9.17, 15) is 4.79 Å². The second-order valence-corrected chi connectivity index (χ2v) is 7.09. The Morgan fingerprint density at radius 3 is 2.56 bits per heavy atom. The largest absolute Gasteiger partial charge is 0.444 e. The SMILES string of the molecule is CN(Cc1ccc(Br)s1)C(=O)OC(C)(C)C. The third kappa shape index (κ3) is 4.53. The van der Waals surface area contributed by atoms with Crippen LogP contribution in [0.1, 0.15) is 25.6 Å². The number of rotatable bonds is 2. The molecule has 3 nitrogen and oxygen atoms in total. The van der Waals surface area contributed by atoms with E-state index in [1.807, 2.05) is 32.9 Å². The van der Waals surface area contributed by atoms with Crippen molar-refractivity contribution in [1.82, 2.24) is 4.90 Å². The second kappa shape index (κ2) is 5.19. The summed E-state index contributed by atoms with van der Waals surface area (Å²) in [6.07, 6.45) is -0.294. The molecule has 5 heteroatoms. The molecule has 1 heterocycles. The first kappa shape index (κ1) is 13.5. The highest BCUT2D eigenvalue weighted by molar-refractivity contribution is 9.11. The molecule has 0 aromatic carbocycles. The number of amides is 1. The molecule has 1 rings (SSSR count). The van der Waals surface area contributed by atoms with E-state index in [4.69, 9.17) is 4.74 Å². The number of carbonyl (C=O) groups excluding carboxylic acids is 1. The maximum absolute atomic E-state index is 11.7. The lowest BCUT2D eigenvalue weighted by Crippen LogP contribution is -2.33. The Bertz CT molecular complexity index is 370. The van der Waals surface area contributed by atoms with Crippen LogP contribution in [0.4, 0.5) is 4.79 Å². The number of carbonyl (C=O) groups is 1. The van der Waals surface area contributed by atoms with Gasteiger partial charge in [0.15, 0.2) is 0 Å². The average molecular weight is 306 g/mol. The summed E-state index contributed by atoms with van der Waals surface area (Å²) < 4.78 is 6.33. The summed E-state index contributed by atoms with van der Waals surface area (Å²) in [5.74, 6) is 0. The third-order valence-electron chi connectivity index (χ3n) is 1.73. The van der Waals surface area contributed by atoms with E-state index in [2.05, 4.69) is 15.9 Å². The molecule has 1 aromatic rings. The zero-order chi connectivity index (χ0) is 12.3. The summed E-state index contributed by atoms with van der Waals surface area (Å²) in [4.78, 5) is 14.4. The molecular formula is C11H16BrNO2S. The van der Waals surface area contributed by atoms with Gasteiger partial charge in [-0.05, 0) is 48.8 Å². The smallest absolute Gasteiger partial charge is 0.410 e. The summed E-state index contributed by atoms with van der Waals surface area (Å²) >= 11 is 5.01. The van der Waals surface area contributed by atoms with Crippen LogP contribution >= 0.6 is 27.3 Å². The summed E-state index contributed by atoms with van der Waals surface area (Å²) in [7, 11) is 1.74. The van der Waals surface area contributed by atoms with Crippen LogP contribution in [0.3, 0.4) is 0 Å². The van der Waals surface area contributed by atoms with Gasteiger partial charge in [-0.1, -0.05) is 0 Å². The van der Waals surface area contributed by atoms with Crippen LogP contribution in [0.15, 0.2) is 15.9 Å². The van der Waals surface area contributed by atoms with Crippen LogP contribution in [-0.2, 0) is 11.3 Å². The van der Waals surface area contributed by atoms with Crippen molar-refractivity contribution in [2.45, 2.75) is 32.9 Å². The van der Waals surface area contributed by atoms with Crippen molar-refractivity contribution in [2.75, 3.05) is 7.05 Å². The first-order valence-corrected chi connectivity index (χ1v) is 6.57. The molecule has 1 aromatic heterocycles. The van der Waals surface area contributed by atoms with Crippen molar-refractivity contribution in [1.29, 1.82) is 0 Å². The van der Waals surface area contributed by atoms with Crippen molar-refractivity contribution in [3.05, 3.63) is 20.8 Å². The van der Waals surface area contributed by atoms with E-state index >= 15 is 0 Å². The second-order valence-electron chi connectivity index (χ2n) is 4.54. The molecule has 0 unspecified atom stereocenters. The van der Waals surface area contributed by atoms with E-state index in [-0.39, 0.29) is 6.09 Å². The first-order chi connectivity index (χ1) is 7.28. The number of hydrogen-bond acceptors (Lipinski definition) is 3. The Balaban J connectivity index is 2.52. The van der Waals surface area contributed by atoms with Gasteiger partial charge in [-0.3, -0.25) is 0 Å². The molecule has 0 atom stereocenters. The predicted molar refractivity (Wildman–Crippen MR) is 69.7 cm³/mol. The number of hydrogen-bond donors (Lipinski definition) is 0. The molecule has 90 valence electrons. The quantitative estimate of drug-likeness (QED) is 0.830. The molecule has 0 aliphatic carbocycles. The summed E-state index contributed by atoms with van der Waals surface area (Å²) in [6.45, 7) is 6.16. The number of halogens is 1. The van der Waals surface area contributed by atoms with Crippen molar-refractivity contribution in [3.8, 4) is 0 Å².